The van der Waals surface area contributed by atoms with Crippen molar-refractivity contribution in [1.82, 2.24) is 5.32 Å². The molecule has 0 bridgehead atoms. The standard InChI is InChI=1S/C15H20N2O5/c1-9(2)14-10(6-7-22-14)8-16-15(19)11-4-3-5-12(13(11)18)17(20)21/h3-5,9-10,14,18H,6-8H2,1-2H3,(H,16,19)/t10-,14-/m1/s1. The first-order valence-electron chi connectivity index (χ1n) is 7.28. The van der Waals surface area contributed by atoms with Gasteiger partial charge in [0.2, 0.25) is 5.75 Å². The van der Waals surface area contributed by atoms with Crippen molar-refractivity contribution in [1.29, 1.82) is 0 Å². The molecule has 0 saturated carbocycles. The van der Waals surface area contributed by atoms with Crippen LogP contribution in [0.4, 0.5) is 5.69 Å². The van der Waals surface area contributed by atoms with E-state index in [0.29, 0.717) is 19.1 Å². The predicted molar refractivity (Wildman–Crippen MR) is 79.8 cm³/mol. The molecule has 1 aliphatic heterocycles. The minimum Gasteiger partial charge on any atom is -0.502 e. The molecule has 7 heteroatoms. The van der Waals surface area contributed by atoms with E-state index in [1.54, 1.807) is 0 Å². The van der Waals surface area contributed by atoms with E-state index in [2.05, 4.69) is 19.2 Å². The van der Waals surface area contributed by atoms with Gasteiger partial charge in [-0.05, 0) is 18.4 Å². The van der Waals surface area contributed by atoms with Crippen LogP contribution in [-0.4, -0.2) is 35.2 Å². The molecule has 0 spiro atoms. The highest BCUT2D eigenvalue weighted by Crippen LogP contribution is 2.30. The Labute approximate surface area is 128 Å². The van der Waals surface area contributed by atoms with Crippen LogP contribution >= 0.6 is 0 Å². The Kier molecular flexibility index (Phi) is 4.97. The van der Waals surface area contributed by atoms with Crippen molar-refractivity contribution in [2.24, 2.45) is 11.8 Å². The third kappa shape index (κ3) is 3.36. The van der Waals surface area contributed by atoms with Gasteiger partial charge in [-0.25, -0.2) is 0 Å². The van der Waals surface area contributed by atoms with E-state index in [1.165, 1.54) is 12.1 Å². The Morgan fingerprint density at radius 1 is 1.55 bits per heavy atom. The summed E-state index contributed by atoms with van der Waals surface area (Å²) in [5.74, 6) is -0.552. The highest BCUT2D eigenvalue weighted by Gasteiger charge is 2.31. The summed E-state index contributed by atoms with van der Waals surface area (Å²) in [6, 6.07) is 3.90. The molecule has 0 radical (unpaired) electrons. The van der Waals surface area contributed by atoms with Crippen LogP contribution in [0.2, 0.25) is 0 Å². The Morgan fingerprint density at radius 2 is 2.27 bits per heavy atom. The lowest BCUT2D eigenvalue weighted by Crippen LogP contribution is -2.34. The van der Waals surface area contributed by atoms with Crippen LogP contribution in [-0.2, 0) is 4.74 Å². The van der Waals surface area contributed by atoms with Gasteiger partial charge in [-0.1, -0.05) is 19.9 Å². The van der Waals surface area contributed by atoms with Crippen molar-refractivity contribution in [2.75, 3.05) is 13.2 Å². The number of phenols is 1. The first-order valence-corrected chi connectivity index (χ1v) is 7.28. The number of para-hydroxylation sites is 1. The van der Waals surface area contributed by atoms with E-state index >= 15 is 0 Å². The average Bonchev–Trinajstić information content (AvgIpc) is 2.93. The number of nitro benzene ring substituents is 1. The van der Waals surface area contributed by atoms with Gasteiger partial charge in [-0.2, -0.15) is 0 Å². The molecule has 1 amide bonds. The molecule has 1 aliphatic rings. The lowest BCUT2D eigenvalue weighted by molar-refractivity contribution is -0.385. The van der Waals surface area contributed by atoms with Crippen molar-refractivity contribution < 1.29 is 19.6 Å². The summed E-state index contributed by atoms with van der Waals surface area (Å²) < 4.78 is 5.65. The minimum atomic E-state index is -0.717. The van der Waals surface area contributed by atoms with Crippen LogP contribution < -0.4 is 5.32 Å². The zero-order valence-electron chi connectivity index (χ0n) is 12.6. The third-order valence-electron chi connectivity index (χ3n) is 3.90. The second-order valence-electron chi connectivity index (χ2n) is 5.77. The summed E-state index contributed by atoms with van der Waals surface area (Å²) in [4.78, 5) is 22.2. The number of carbonyl (C=O) groups excluding carboxylic acids is 1. The molecule has 0 aliphatic carbocycles. The summed E-state index contributed by atoms with van der Waals surface area (Å²) in [5.41, 5.74) is -0.564. The van der Waals surface area contributed by atoms with Crippen LogP contribution in [0.5, 0.6) is 5.75 Å². The van der Waals surface area contributed by atoms with Crippen LogP contribution in [0.3, 0.4) is 0 Å². The molecule has 1 aromatic rings. The first kappa shape index (κ1) is 16.2. The average molecular weight is 308 g/mol. The van der Waals surface area contributed by atoms with Crippen LogP contribution in [0.1, 0.15) is 30.6 Å². The SMILES string of the molecule is CC(C)[C@H]1OCC[C@@H]1CNC(=O)c1cccc([N+](=O)[O-])c1O. The van der Waals surface area contributed by atoms with Crippen molar-refractivity contribution >= 4 is 11.6 Å². The van der Waals surface area contributed by atoms with Crippen molar-refractivity contribution in [3.05, 3.63) is 33.9 Å². The lowest BCUT2D eigenvalue weighted by atomic mass is 9.93. The maximum absolute atomic E-state index is 12.1. The van der Waals surface area contributed by atoms with Gasteiger partial charge in [-0.3, -0.25) is 14.9 Å². The number of phenolic OH excluding ortho intramolecular Hbond substituents is 1. The predicted octanol–water partition coefficient (Wildman–Crippen LogP) is 2.09. The number of ether oxygens (including phenoxy) is 1. The van der Waals surface area contributed by atoms with E-state index in [1.807, 2.05) is 0 Å². The van der Waals surface area contributed by atoms with Gasteiger partial charge in [-0.15, -0.1) is 0 Å². The Bertz CT molecular complexity index is 573. The third-order valence-corrected chi connectivity index (χ3v) is 3.90. The number of amides is 1. The summed E-state index contributed by atoms with van der Waals surface area (Å²) in [7, 11) is 0. The number of nitro groups is 1. The van der Waals surface area contributed by atoms with Gasteiger partial charge >= 0.3 is 5.69 Å². The van der Waals surface area contributed by atoms with Gasteiger partial charge in [0.25, 0.3) is 5.91 Å². The number of carbonyl (C=O) groups is 1. The first-order chi connectivity index (χ1) is 10.4. The zero-order chi connectivity index (χ0) is 16.3. The number of benzene rings is 1. The largest absolute Gasteiger partial charge is 0.502 e. The molecule has 1 saturated heterocycles. The molecule has 2 atom stereocenters. The van der Waals surface area contributed by atoms with Crippen molar-refractivity contribution in [2.45, 2.75) is 26.4 Å². The fraction of sp³-hybridized carbons (Fsp3) is 0.533. The highest BCUT2D eigenvalue weighted by atomic mass is 16.6. The topological polar surface area (TPSA) is 102 Å². The molecule has 1 fully saturated rings. The van der Waals surface area contributed by atoms with Gasteiger partial charge in [0.1, 0.15) is 0 Å². The highest BCUT2D eigenvalue weighted by molar-refractivity contribution is 5.98. The molecule has 2 rings (SSSR count). The summed E-state index contributed by atoms with van der Waals surface area (Å²) in [6.45, 7) is 5.23. The number of aromatic hydroxyl groups is 1. The number of hydrogen-bond acceptors (Lipinski definition) is 5. The molecule has 0 aromatic heterocycles. The molecule has 7 nitrogen and oxygen atoms in total. The zero-order valence-corrected chi connectivity index (χ0v) is 12.6. The molecule has 22 heavy (non-hydrogen) atoms. The fourth-order valence-electron chi connectivity index (χ4n) is 2.79. The van der Waals surface area contributed by atoms with E-state index in [0.717, 1.165) is 12.5 Å². The van der Waals surface area contributed by atoms with E-state index in [4.69, 9.17) is 4.74 Å². The Hall–Kier alpha value is -2.15. The van der Waals surface area contributed by atoms with E-state index in [9.17, 15) is 20.0 Å². The van der Waals surface area contributed by atoms with Crippen molar-refractivity contribution in [3.8, 4) is 5.75 Å². The second kappa shape index (κ2) is 6.74. The molecular formula is C15H20N2O5. The number of hydrogen-bond donors (Lipinski definition) is 2. The summed E-state index contributed by atoms with van der Waals surface area (Å²) in [5, 5.41) is 23.3. The minimum absolute atomic E-state index is 0.0887. The van der Waals surface area contributed by atoms with Gasteiger partial charge in [0.15, 0.2) is 0 Å². The number of rotatable bonds is 5. The van der Waals surface area contributed by atoms with Gasteiger partial charge in [0, 0.05) is 25.1 Å². The monoisotopic (exact) mass is 308 g/mol. The maximum atomic E-state index is 12.1. The summed E-state index contributed by atoms with van der Waals surface area (Å²) in [6.07, 6.45) is 0.961. The molecule has 1 heterocycles. The summed E-state index contributed by atoms with van der Waals surface area (Å²) >= 11 is 0. The molecule has 1 aromatic carbocycles. The van der Waals surface area contributed by atoms with E-state index in [-0.39, 0.29) is 17.6 Å². The van der Waals surface area contributed by atoms with Crippen LogP contribution in [0.25, 0.3) is 0 Å². The van der Waals surface area contributed by atoms with Crippen molar-refractivity contribution in [3.63, 3.8) is 0 Å². The van der Waals surface area contributed by atoms with Crippen LogP contribution in [0, 0.1) is 22.0 Å². The maximum Gasteiger partial charge on any atom is 0.311 e. The molecular weight excluding hydrogens is 288 g/mol. The van der Waals surface area contributed by atoms with Gasteiger partial charge < -0.3 is 15.2 Å². The Morgan fingerprint density at radius 3 is 2.91 bits per heavy atom. The van der Waals surface area contributed by atoms with Crippen LogP contribution in [0.15, 0.2) is 18.2 Å². The smallest absolute Gasteiger partial charge is 0.311 e. The normalized spacial score (nSPS) is 21.0. The molecule has 0 unspecified atom stereocenters. The number of nitrogens with one attached hydrogen (secondary N) is 1. The Balaban J connectivity index is 2.04. The second-order valence-corrected chi connectivity index (χ2v) is 5.77. The lowest BCUT2D eigenvalue weighted by Gasteiger charge is -2.22. The fourth-order valence-corrected chi connectivity index (χ4v) is 2.79. The van der Waals surface area contributed by atoms with Gasteiger partial charge in [0.05, 0.1) is 16.6 Å². The quantitative estimate of drug-likeness (QED) is 0.640. The number of nitrogens with zero attached hydrogens (tertiary/aromatic N) is 1. The van der Waals surface area contributed by atoms with E-state index < -0.39 is 22.3 Å². The molecule has 2 N–H and O–H groups in total. The molecule has 120 valence electrons.